The zero-order chi connectivity index (χ0) is 24.3. The van der Waals surface area contributed by atoms with E-state index in [9.17, 15) is 13.2 Å². The summed E-state index contributed by atoms with van der Waals surface area (Å²) in [7, 11) is -3.75. The van der Waals surface area contributed by atoms with E-state index < -0.39 is 15.8 Å². The molecule has 0 bridgehead atoms. The highest BCUT2D eigenvalue weighted by molar-refractivity contribution is 7.90. The molecule has 0 fully saturated rings. The first-order chi connectivity index (χ1) is 15.5. The monoisotopic (exact) mass is 466 g/mol. The molecule has 3 aromatic rings. The number of hydrogen-bond donors (Lipinski definition) is 2. The number of benzene rings is 2. The van der Waals surface area contributed by atoms with Crippen LogP contribution in [0.2, 0.25) is 0 Å². The van der Waals surface area contributed by atoms with Crippen molar-refractivity contribution in [2.45, 2.75) is 51.3 Å². The fraction of sp³-hybridized carbons (Fsp3) is 0.308. The molecule has 0 aliphatic heterocycles. The number of sulfone groups is 1. The highest BCUT2D eigenvalue weighted by Crippen LogP contribution is 2.34. The quantitative estimate of drug-likeness (QED) is 0.498. The van der Waals surface area contributed by atoms with E-state index in [0.29, 0.717) is 17.2 Å². The molecule has 3 rings (SSSR count). The number of carbonyl (C=O) groups is 1. The van der Waals surface area contributed by atoms with Crippen molar-refractivity contribution in [2.24, 2.45) is 11.7 Å². The minimum atomic E-state index is -3.75. The third-order valence-electron chi connectivity index (χ3n) is 5.63. The maximum absolute atomic E-state index is 13.3. The van der Waals surface area contributed by atoms with Crippen LogP contribution in [0.4, 0.5) is 0 Å². The average Bonchev–Trinajstić information content (AvgIpc) is 2.75. The molecule has 0 spiro atoms. The molecule has 0 atom stereocenters. The highest BCUT2D eigenvalue weighted by atomic mass is 32.2. The predicted octanol–water partition coefficient (Wildman–Crippen LogP) is 4.69. The Labute approximate surface area is 195 Å². The lowest BCUT2D eigenvalue weighted by Gasteiger charge is -2.21. The lowest BCUT2D eigenvalue weighted by atomic mass is 9.90. The van der Waals surface area contributed by atoms with Crippen LogP contribution in [-0.2, 0) is 28.6 Å². The Balaban J connectivity index is 2.19. The summed E-state index contributed by atoms with van der Waals surface area (Å²) in [4.78, 5) is 16.0. The first-order valence-corrected chi connectivity index (χ1v) is 12.5. The van der Waals surface area contributed by atoms with Gasteiger partial charge in [0.25, 0.3) is 0 Å². The van der Waals surface area contributed by atoms with Crippen molar-refractivity contribution in [2.75, 3.05) is 0 Å². The minimum absolute atomic E-state index is 0.0376. The largest absolute Gasteiger partial charge is 0.478 e. The second-order valence-corrected chi connectivity index (χ2v) is 10.7. The maximum Gasteiger partial charge on any atom is 0.335 e. The topological polar surface area (TPSA) is 110 Å². The Morgan fingerprint density at radius 3 is 2.12 bits per heavy atom. The van der Waals surface area contributed by atoms with E-state index in [2.05, 4.69) is 13.8 Å². The standard InChI is InChI=1S/C26H30N2O4S/c1-16(2)13-24-22(14-27)25(19-7-5-17(3)6-8-19)23(18(4)28-24)15-33(31,32)21-11-9-20(10-12-21)26(29)30/h5-12,16H,13-15,27H2,1-4H3,(H,29,30). The van der Waals surface area contributed by atoms with Gasteiger partial charge in [0.15, 0.2) is 9.84 Å². The third-order valence-corrected chi connectivity index (χ3v) is 7.29. The summed E-state index contributed by atoms with van der Waals surface area (Å²) >= 11 is 0. The van der Waals surface area contributed by atoms with Gasteiger partial charge < -0.3 is 10.8 Å². The van der Waals surface area contributed by atoms with Crippen molar-refractivity contribution in [1.29, 1.82) is 0 Å². The second kappa shape index (κ2) is 9.85. The van der Waals surface area contributed by atoms with E-state index in [1.54, 1.807) is 0 Å². The van der Waals surface area contributed by atoms with Crippen LogP contribution < -0.4 is 5.73 Å². The zero-order valence-electron chi connectivity index (χ0n) is 19.4. The lowest BCUT2D eigenvalue weighted by molar-refractivity contribution is 0.0696. The molecule has 0 aliphatic carbocycles. The normalized spacial score (nSPS) is 11.7. The number of carboxylic acids is 1. The number of nitrogens with zero attached hydrogens (tertiary/aromatic N) is 1. The first kappa shape index (κ1) is 24.6. The summed E-state index contributed by atoms with van der Waals surface area (Å²) in [6, 6.07) is 13.2. The number of aromatic carboxylic acids is 1. The van der Waals surface area contributed by atoms with Crippen LogP contribution in [-0.4, -0.2) is 24.5 Å². The van der Waals surface area contributed by atoms with Gasteiger partial charge in [-0.1, -0.05) is 43.7 Å². The van der Waals surface area contributed by atoms with Crippen LogP contribution in [0.3, 0.4) is 0 Å². The van der Waals surface area contributed by atoms with Gasteiger partial charge in [0.1, 0.15) is 0 Å². The Hall–Kier alpha value is -3.03. The average molecular weight is 467 g/mol. The molecular weight excluding hydrogens is 436 g/mol. The molecule has 2 aromatic carbocycles. The number of hydrogen-bond acceptors (Lipinski definition) is 5. The van der Waals surface area contributed by atoms with Gasteiger partial charge >= 0.3 is 5.97 Å². The van der Waals surface area contributed by atoms with E-state index in [0.717, 1.165) is 34.4 Å². The van der Waals surface area contributed by atoms with Crippen molar-refractivity contribution in [3.05, 3.63) is 82.2 Å². The number of rotatable bonds is 8. The molecule has 0 unspecified atom stereocenters. The van der Waals surface area contributed by atoms with Crippen molar-refractivity contribution < 1.29 is 18.3 Å². The Morgan fingerprint density at radius 1 is 1.00 bits per heavy atom. The van der Waals surface area contributed by atoms with Crippen LogP contribution >= 0.6 is 0 Å². The summed E-state index contributed by atoms with van der Waals surface area (Å²) in [5.74, 6) is -0.986. The molecule has 7 heteroatoms. The summed E-state index contributed by atoms with van der Waals surface area (Å²) in [6.07, 6.45) is 0.746. The van der Waals surface area contributed by atoms with E-state index in [-0.39, 0.29) is 22.8 Å². The van der Waals surface area contributed by atoms with Gasteiger partial charge in [-0.05, 0) is 72.7 Å². The van der Waals surface area contributed by atoms with Crippen LogP contribution in [0.15, 0.2) is 53.4 Å². The number of pyridine rings is 1. The van der Waals surface area contributed by atoms with Crippen LogP contribution in [0, 0.1) is 19.8 Å². The summed E-state index contributed by atoms with van der Waals surface area (Å²) in [5, 5.41) is 9.11. The Bertz CT molecular complexity index is 1260. The van der Waals surface area contributed by atoms with Gasteiger partial charge in [0, 0.05) is 17.9 Å². The van der Waals surface area contributed by atoms with Crippen molar-refractivity contribution in [1.82, 2.24) is 4.98 Å². The molecule has 3 N–H and O–H groups in total. The van der Waals surface area contributed by atoms with Crippen LogP contribution in [0.1, 0.15) is 52.3 Å². The molecule has 0 saturated carbocycles. The lowest BCUT2D eigenvalue weighted by Crippen LogP contribution is -2.15. The SMILES string of the molecule is Cc1ccc(-c2c(CS(=O)(=O)c3ccc(C(=O)O)cc3)c(C)nc(CC(C)C)c2CN)cc1. The molecule has 1 aromatic heterocycles. The minimum Gasteiger partial charge on any atom is -0.478 e. The summed E-state index contributed by atoms with van der Waals surface area (Å²) < 4.78 is 26.7. The summed E-state index contributed by atoms with van der Waals surface area (Å²) in [5.41, 5.74) is 12.1. The van der Waals surface area contributed by atoms with Gasteiger partial charge in [-0.15, -0.1) is 0 Å². The zero-order valence-corrected chi connectivity index (χ0v) is 20.2. The van der Waals surface area contributed by atoms with Crippen molar-refractivity contribution in [3.63, 3.8) is 0 Å². The van der Waals surface area contributed by atoms with E-state index in [4.69, 9.17) is 15.8 Å². The first-order valence-electron chi connectivity index (χ1n) is 10.9. The molecule has 174 valence electrons. The molecule has 33 heavy (non-hydrogen) atoms. The number of aromatic nitrogens is 1. The van der Waals surface area contributed by atoms with Gasteiger partial charge in [-0.2, -0.15) is 0 Å². The van der Waals surface area contributed by atoms with E-state index in [1.807, 2.05) is 38.1 Å². The van der Waals surface area contributed by atoms with Gasteiger partial charge in [0.05, 0.1) is 16.2 Å². The highest BCUT2D eigenvalue weighted by Gasteiger charge is 2.24. The molecule has 6 nitrogen and oxygen atoms in total. The third kappa shape index (κ3) is 5.49. The van der Waals surface area contributed by atoms with Crippen LogP contribution in [0.25, 0.3) is 11.1 Å². The van der Waals surface area contributed by atoms with Crippen LogP contribution in [0.5, 0.6) is 0 Å². The van der Waals surface area contributed by atoms with Gasteiger partial charge in [-0.3, -0.25) is 4.98 Å². The smallest absolute Gasteiger partial charge is 0.335 e. The number of aryl methyl sites for hydroxylation is 2. The Kier molecular flexibility index (Phi) is 7.34. The van der Waals surface area contributed by atoms with Gasteiger partial charge in [0.2, 0.25) is 0 Å². The predicted molar refractivity (Wildman–Crippen MR) is 130 cm³/mol. The van der Waals surface area contributed by atoms with Crippen molar-refractivity contribution >= 4 is 15.8 Å². The molecule has 0 aliphatic rings. The van der Waals surface area contributed by atoms with Crippen molar-refractivity contribution in [3.8, 4) is 11.1 Å². The molecule has 1 heterocycles. The second-order valence-electron chi connectivity index (χ2n) is 8.73. The molecule has 0 saturated heterocycles. The number of nitrogens with two attached hydrogens (primary N) is 1. The molecule has 0 amide bonds. The van der Waals surface area contributed by atoms with E-state index >= 15 is 0 Å². The maximum atomic E-state index is 13.3. The van der Waals surface area contributed by atoms with Gasteiger partial charge in [-0.25, -0.2) is 13.2 Å². The fourth-order valence-electron chi connectivity index (χ4n) is 3.94. The molecular formula is C26H30N2O4S. The Morgan fingerprint density at radius 2 is 1.61 bits per heavy atom. The molecule has 0 radical (unpaired) electrons. The van der Waals surface area contributed by atoms with E-state index in [1.165, 1.54) is 24.3 Å². The fourth-order valence-corrected chi connectivity index (χ4v) is 5.39. The summed E-state index contributed by atoms with van der Waals surface area (Å²) in [6.45, 7) is 8.31. The number of carboxylic acid groups (broad SMARTS) is 1.